The largest absolute Gasteiger partial charge is 0.465 e. The molecule has 0 bridgehead atoms. The fourth-order valence-corrected chi connectivity index (χ4v) is 2.70. The van der Waals surface area contributed by atoms with Crippen LogP contribution in [0.15, 0.2) is 54.7 Å². The highest BCUT2D eigenvalue weighted by Crippen LogP contribution is 2.22. The number of methoxy groups -OCH3 is 1. The van der Waals surface area contributed by atoms with Gasteiger partial charge in [0.05, 0.1) is 46.5 Å². The van der Waals surface area contributed by atoms with E-state index in [-0.39, 0.29) is 22.1 Å². The van der Waals surface area contributed by atoms with Gasteiger partial charge in [0.25, 0.3) is 5.91 Å². The number of anilines is 1. The highest BCUT2D eigenvalue weighted by atomic mass is 35.5. The maximum atomic E-state index is 12.5. The number of halogens is 1. The van der Waals surface area contributed by atoms with Gasteiger partial charge in [0.1, 0.15) is 0 Å². The van der Waals surface area contributed by atoms with E-state index in [1.54, 1.807) is 17.8 Å². The standard InChI is InChI=1S/C19H16ClN3O3/c1-12-17(11-23(22-12)14-6-4-3-5-7-14)21-18(24)15-9-8-13(10-16(15)20)19(25)26-2/h3-11H,1-2H3,(H,21,24). The molecule has 7 heteroatoms. The highest BCUT2D eigenvalue weighted by molar-refractivity contribution is 6.34. The maximum Gasteiger partial charge on any atom is 0.337 e. The lowest BCUT2D eigenvalue weighted by Gasteiger charge is -2.07. The van der Waals surface area contributed by atoms with Gasteiger partial charge in [0.2, 0.25) is 0 Å². The normalized spacial score (nSPS) is 10.4. The zero-order valence-corrected chi connectivity index (χ0v) is 14.9. The average Bonchev–Trinajstić information content (AvgIpc) is 3.02. The first-order valence-corrected chi connectivity index (χ1v) is 8.18. The van der Waals surface area contributed by atoms with E-state index >= 15 is 0 Å². The van der Waals surface area contributed by atoms with Crippen molar-refractivity contribution in [1.82, 2.24) is 9.78 Å². The number of ether oxygens (including phenoxy) is 1. The van der Waals surface area contributed by atoms with Crippen molar-refractivity contribution >= 4 is 29.2 Å². The van der Waals surface area contributed by atoms with Crippen LogP contribution in [0.1, 0.15) is 26.4 Å². The van der Waals surface area contributed by atoms with Crippen LogP contribution >= 0.6 is 11.6 Å². The van der Waals surface area contributed by atoms with Crippen molar-refractivity contribution in [3.8, 4) is 5.69 Å². The number of carbonyl (C=O) groups is 2. The quantitative estimate of drug-likeness (QED) is 0.708. The summed E-state index contributed by atoms with van der Waals surface area (Å²) in [6.45, 7) is 1.80. The fraction of sp³-hybridized carbons (Fsp3) is 0.105. The van der Waals surface area contributed by atoms with Gasteiger partial charge in [-0.2, -0.15) is 5.10 Å². The molecule has 0 aliphatic heterocycles. The molecule has 6 nitrogen and oxygen atoms in total. The van der Waals surface area contributed by atoms with Gasteiger partial charge in [-0.1, -0.05) is 29.8 Å². The first-order valence-electron chi connectivity index (χ1n) is 7.80. The Morgan fingerprint density at radius 1 is 1.15 bits per heavy atom. The molecule has 0 radical (unpaired) electrons. The average molecular weight is 370 g/mol. The smallest absolute Gasteiger partial charge is 0.337 e. The Balaban J connectivity index is 1.82. The molecule has 3 rings (SSSR count). The summed E-state index contributed by atoms with van der Waals surface area (Å²) >= 11 is 6.14. The molecule has 26 heavy (non-hydrogen) atoms. The van der Waals surface area contributed by atoms with Crippen LogP contribution in [-0.4, -0.2) is 28.8 Å². The van der Waals surface area contributed by atoms with Gasteiger partial charge < -0.3 is 10.1 Å². The second-order valence-corrected chi connectivity index (χ2v) is 5.96. The monoisotopic (exact) mass is 369 g/mol. The minimum absolute atomic E-state index is 0.165. The summed E-state index contributed by atoms with van der Waals surface area (Å²) in [6.07, 6.45) is 1.74. The van der Waals surface area contributed by atoms with Crippen molar-refractivity contribution in [2.24, 2.45) is 0 Å². The predicted molar refractivity (Wildman–Crippen MR) is 99.0 cm³/mol. The van der Waals surface area contributed by atoms with E-state index in [1.165, 1.54) is 25.3 Å². The molecule has 0 unspecified atom stereocenters. The molecule has 1 amide bonds. The van der Waals surface area contributed by atoms with E-state index in [4.69, 9.17) is 11.6 Å². The lowest BCUT2D eigenvalue weighted by Crippen LogP contribution is -2.13. The molecule has 0 saturated carbocycles. The van der Waals surface area contributed by atoms with Gasteiger partial charge in [0, 0.05) is 0 Å². The summed E-state index contributed by atoms with van der Waals surface area (Å²) < 4.78 is 6.33. The molecule has 1 N–H and O–H groups in total. The second kappa shape index (κ2) is 7.41. The van der Waals surface area contributed by atoms with Crippen LogP contribution < -0.4 is 5.32 Å². The summed E-state index contributed by atoms with van der Waals surface area (Å²) in [5, 5.41) is 7.37. The molecule has 0 atom stereocenters. The first kappa shape index (κ1) is 17.7. The van der Waals surface area contributed by atoms with Crippen molar-refractivity contribution in [3.63, 3.8) is 0 Å². The number of para-hydroxylation sites is 1. The SMILES string of the molecule is COC(=O)c1ccc(C(=O)Nc2cn(-c3ccccc3)nc2C)c(Cl)c1. The van der Waals surface area contributed by atoms with Crippen LogP contribution in [0, 0.1) is 6.92 Å². The zero-order valence-electron chi connectivity index (χ0n) is 14.2. The summed E-state index contributed by atoms with van der Waals surface area (Å²) in [4.78, 5) is 24.1. The molecule has 2 aromatic carbocycles. The molecule has 0 aliphatic rings. The minimum atomic E-state index is -0.515. The van der Waals surface area contributed by atoms with Crippen LogP contribution in [0.3, 0.4) is 0 Å². The van der Waals surface area contributed by atoms with E-state index in [0.717, 1.165) is 5.69 Å². The highest BCUT2D eigenvalue weighted by Gasteiger charge is 2.16. The molecule has 132 valence electrons. The number of hydrogen-bond acceptors (Lipinski definition) is 4. The number of amides is 1. The van der Waals surface area contributed by atoms with Crippen molar-refractivity contribution in [3.05, 3.63) is 76.6 Å². The van der Waals surface area contributed by atoms with Gasteiger partial charge in [0.15, 0.2) is 0 Å². The number of aromatic nitrogens is 2. The molecular formula is C19H16ClN3O3. The van der Waals surface area contributed by atoms with Crippen molar-refractivity contribution < 1.29 is 14.3 Å². The van der Waals surface area contributed by atoms with E-state index in [0.29, 0.717) is 11.4 Å². The Labute approximate surface area is 155 Å². The maximum absolute atomic E-state index is 12.5. The fourth-order valence-electron chi connectivity index (χ4n) is 2.43. The van der Waals surface area contributed by atoms with Gasteiger partial charge in [-0.05, 0) is 37.3 Å². The van der Waals surface area contributed by atoms with E-state index in [1.807, 2.05) is 30.3 Å². The van der Waals surface area contributed by atoms with Gasteiger partial charge in [-0.3, -0.25) is 4.79 Å². The third-order valence-corrected chi connectivity index (χ3v) is 4.12. The van der Waals surface area contributed by atoms with Crippen LogP contribution in [0.2, 0.25) is 5.02 Å². The predicted octanol–water partition coefficient (Wildman–Crippen LogP) is 3.87. The molecule has 1 aromatic heterocycles. The summed E-state index contributed by atoms with van der Waals surface area (Å²) in [6, 6.07) is 14.0. The van der Waals surface area contributed by atoms with Crippen LogP contribution in [0.25, 0.3) is 5.69 Å². The molecule has 3 aromatic rings. The van der Waals surface area contributed by atoms with Crippen LogP contribution in [-0.2, 0) is 4.74 Å². The van der Waals surface area contributed by atoms with Gasteiger partial charge in [-0.15, -0.1) is 0 Å². The van der Waals surface area contributed by atoms with Crippen molar-refractivity contribution in [2.45, 2.75) is 6.92 Å². The molecule has 0 aliphatic carbocycles. The number of hydrogen-bond donors (Lipinski definition) is 1. The van der Waals surface area contributed by atoms with E-state index in [2.05, 4.69) is 15.2 Å². The van der Waals surface area contributed by atoms with Crippen molar-refractivity contribution in [2.75, 3.05) is 12.4 Å². The summed E-state index contributed by atoms with van der Waals surface area (Å²) in [5.41, 5.74) is 2.67. The lowest BCUT2D eigenvalue weighted by molar-refractivity contribution is 0.0600. The van der Waals surface area contributed by atoms with Crippen LogP contribution in [0.5, 0.6) is 0 Å². The van der Waals surface area contributed by atoms with Crippen LogP contribution in [0.4, 0.5) is 5.69 Å². The Hall–Kier alpha value is -3.12. The third kappa shape index (κ3) is 3.60. The lowest BCUT2D eigenvalue weighted by atomic mass is 10.1. The first-order chi connectivity index (χ1) is 12.5. The number of aryl methyl sites for hydroxylation is 1. The van der Waals surface area contributed by atoms with E-state index in [9.17, 15) is 9.59 Å². The molecule has 0 saturated heterocycles. The number of benzene rings is 2. The Bertz CT molecular complexity index is 967. The molecule has 0 fully saturated rings. The van der Waals surface area contributed by atoms with E-state index < -0.39 is 5.97 Å². The minimum Gasteiger partial charge on any atom is -0.465 e. The Morgan fingerprint density at radius 2 is 1.88 bits per heavy atom. The number of esters is 1. The molecular weight excluding hydrogens is 354 g/mol. The van der Waals surface area contributed by atoms with Crippen molar-refractivity contribution in [1.29, 1.82) is 0 Å². The van der Waals surface area contributed by atoms with Gasteiger partial charge in [-0.25, -0.2) is 9.48 Å². The zero-order chi connectivity index (χ0) is 18.7. The second-order valence-electron chi connectivity index (χ2n) is 5.55. The number of nitrogens with zero attached hydrogens (tertiary/aromatic N) is 2. The Kier molecular flexibility index (Phi) is 5.04. The third-order valence-electron chi connectivity index (χ3n) is 3.80. The topological polar surface area (TPSA) is 73.2 Å². The number of rotatable bonds is 4. The number of carbonyl (C=O) groups excluding carboxylic acids is 2. The Morgan fingerprint density at radius 3 is 2.54 bits per heavy atom. The summed E-state index contributed by atoms with van der Waals surface area (Å²) in [7, 11) is 1.28. The molecule has 1 heterocycles. The summed E-state index contributed by atoms with van der Waals surface area (Å²) in [5.74, 6) is -0.902. The number of nitrogens with one attached hydrogen (secondary N) is 1. The van der Waals surface area contributed by atoms with Gasteiger partial charge >= 0.3 is 5.97 Å². The molecule has 0 spiro atoms.